The molecular formula is C20H23N3OS. The number of imidazole rings is 1. The fourth-order valence-electron chi connectivity index (χ4n) is 2.76. The SMILES string of the molecule is CC[C@@H](C)N(Cc1sccc1C)C(=O)c1cccc(-c2ncc[nH]2)c1. The molecule has 2 heterocycles. The van der Waals surface area contributed by atoms with Gasteiger partial charge in [-0.1, -0.05) is 19.1 Å². The first-order valence-corrected chi connectivity index (χ1v) is 9.42. The fourth-order valence-corrected chi connectivity index (χ4v) is 3.66. The van der Waals surface area contributed by atoms with Gasteiger partial charge in [0.2, 0.25) is 0 Å². The summed E-state index contributed by atoms with van der Waals surface area (Å²) < 4.78 is 0. The molecule has 3 rings (SSSR count). The Labute approximate surface area is 152 Å². The maximum Gasteiger partial charge on any atom is 0.254 e. The lowest BCUT2D eigenvalue weighted by Gasteiger charge is -2.29. The summed E-state index contributed by atoms with van der Waals surface area (Å²) in [4.78, 5) is 23.8. The summed E-state index contributed by atoms with van der Waals surface area (Å²) in [5, 5.41) is 2.08. The smallest absolute Gasteiger partial charge is 0.254 e. The molecule has 0 bridgehead atoms. The number of benzene rings is 1. The van der Waals surface area contributed by atoms with E-state index in [1.165, 1.54) is 10.4 Å². The Balaban J connectivity index is 1.89. The summed E-state index contributed by atoms with van der Waals surface area (Å²) in [6.07, 6.45) is 4.43. The molecule has 0 fully saturated rings. The van der Waals surface area contributed by atoms with Gasteiger partial charge in [0.25, 0.3) is 5.91 Å². The van der Waals surface area contributed by atoms with Crippen LogP contribution in [0.3, 0.4) is 0 Å². The number of aryl methyl sites for hydroxylation is 1. The van der Waals surface area contributed by atoms with Crippen LogP contribution in [0.4, 0.5) is 0 Å². The fraction of sp³-hybridized carbons (Fsp3) is 0.300. The van der Waals surface area contributed by atoms with Crippen molar-refractivity contribution in [2.24, 2.45) is 0 Å². The van der Waals surface area contributed by atoms with Crippen LogP contribution in [0.25, 0.3) is 11.4 Å². The molecule has 1 aromatic carbocycles. The molecule has 0 aliphatic carbocycles. The Kier molecular flexibility index (Phi) is 5.34. The number of aromatic nitrogens is 2. The molecular weight excluding hydrogens is 330 g/mol. The number of carbonyl (C=O) groups is 1. The van der Waals surface area contributed by atoms with Gasteiger partial charge in [0.05, 0.1) is 6.54 Å². The molecule has 3 aromatic rings. The van der Waals surface area contributed by atoms with Gasteiger partial charge in [-0.2, -0.15) is 0 Å². The molecule has 4 nitrogen and oxygen atoms in total. The van der Waals surface area contributed by atoms with E-state index >= 15 is 0 Å². The Morgan fingerprint density at radius 2 is 2.20 bits per heavy atom. The molecule has 0 radical (unpaired) electrons. The third-order valence-electron chi connectivity index (χ3n) is 4.55. The topological polar surface area (TPSA) is 49.0 Å². The minimum atomic E-state index is 0.0653. The van der Waals surface area contributed by atoms with Crippen molar-refractivity contribution in [2.75, 3.05) is 0 Å². The highest BCUT2D eigenvalue weighted by atomic mass is 32.1. The molecule has 25 heavy (non-hydrogen) atoms. The van der Waals surface area contributed by atoms with Crippen LogP contribution in [0.15, 0.2) is 48.1 Å². The minimum Gasteiger partial charge on any atom is -0.345 e. The number of thiophene rings is 1. The zero-order chi connectivity index (χ0) is 17.8. The zero-order valence-corrected chi connectivity index (χ0v) is 15.6. The van der Waals surface area contributed by atoms with E-state index in [1.54, 1.807) is 23.7 Å². The van der Waals surface area contributed by atoms with Crippen molar-refractivity contribution in [2.45, 2.75) is 39.8 Å². The van der Waals surface area contributed by atoms with E-state index < -0.39 is 0 Å². The van der Waals surface area contributed by atoms with Gasteiger partial charge in [-0.05, 0) is 49.4 Å². The second-order valence-electron chi connectivity index (χ2n) is 6.24. The number of hydrogen-bond donors (Lipinski definition) is 1. The van der Waals surface area contributed by atoms with Crippen LogP contribution in [0.1, 0.15) is 41.1 Å². The van der Waals surface area contributed by atoms with E-state index in [2.05, 4.69) is 42.2 Å². The van der Waals surface area contributed by atoms with Crippen molar-refractivity contribution in [3.05, 3.63) is 64.1 Å². The van der Waals surface area contributed by atoms with Crippen LogP contribution in [-0.2, 0) is 6.54 Å². The van der Waals surface area contributed by atoms with Crippen molar-refractivity contribution < 1.29 is 4.79 Å². The lowest BCUT2D eigenvalue weighted by molar-refractivity contribution is 0.0673. The van der Waals surface area contributed by atoms with Crippen LogP contribution in [0.5, 0.6) is 0 Å². The third kappa shape index (κ3) is 3.82. The van der Waals surface area contributed by atoms with Crippen LogP contribution in [0.2, 0.25) is 0 Å². The Hall–Kier alpha value is -2.40. The van der Waals surface area contributed by atoms with E-state index in [-0.39, 0.29) is 11.9 Å². The summed E-state index contributed by atoms with van der Waals surface area (Å²) in [5.41, 5.74) is 2.87. The predicted molar refractivity (Wildman–Crippen MR) is 103 cm³/mol. The van der Waals surface area contributed by atoms with E-state index in [0.29, 0.717) is 12.1 Å². The van der Waals surface area contributed by atoms with Crippen molar-refractivity contribution in [3.63, 3.8) is 0 Å². The molecule has 5 heteroatoms. The number of amides is 1. The lowest BCUT2D eigenvalue weighted by Crippen LogP contribution is -2.37. The molecule has 130 valence electrons. The highest BCUT2D eigenvalue weighted by Gasteiger charge is 2.22. The van der Waals surface area contributed by atoms with E-state index in [1.807, 2.05) is 29.2 Å². The van der Waals surface area contributed by atoms with Crippen molar-refractivity contribution >= 4 is 17.2 Å². The van der Waals surface area contributed by atoms with Gasteiger partial charge < -0.3 is 9.88 Å². The largest absolute Gasteiger partial charge is 0.345 e. The number of hydrogen-bond acceptors (Lipinski definition) is 3. The monoisotopic (exact) mass is 353 g/mol. The Morgan fingerprint density at radius 3 is 2.84 bits per heavy atom. The van der Waals surface area contributed by atoms with Crippen LogP contribution < -0.4 is 0 Å². The second-order valence-corrected chi connectivity index (χ2v) is 7.24. The Bertz CT molecular complexity index is 838. The summed E-state index contributed by atoms with van der Waals surface area (Å²) in [6, 6.07) is 9.96. The minimum absolute atomic E-state index is 0.0653. The highest BCUT2D eigenvalue weighted by molar-refractivity contribution is 7.10. The van der Waals surface area contributed by atoms with Gasteiger partial charge in [0.1, 0.15) is 5.82 Å². The number of nitrogens with one attached hydrogen (secondary N) is 1. The molecule has 0 aliphatic heterocycles. The lowest BCUT2D eigenvalue weighted by atomic mass is 10.1. The van der Waals surface area contributed by atoms with Gasteiger partial charge in [0.15, 0.2) is 0 Å². The predicted octanol–water partition coefficient (Wildman–Crippen LogP) is 4.89. The average Bonchev–Trinajstić information content (AvgIpc) is 3.30. The van der Waals surface area contributed by atoms with Crippen LogP contribution in [0, 0.1) is 6.92 Å². The van der Waals surface area contributed by atoms with Gasteiger partial charge in [-0.3, -0.25) is 4.79 Å². The zero-order valence-electron chi connectivity index (χ0n) is 14.8. The number of aromatic amines is 1. The Morgan fingerprint density at radius 1 is 1.36 bits per heavy atom. The molecule has 0 saturated carbocycles. The van der Waals surface area contributed by atoms with E-state index in [9.17, 15) is 4.79 Å². The summed E-state index contributed by atoms with van der Waals surface area (Å²) in [5.74, 6) is 0.842. The van der Waals surface area contributed by atoms with Gasteiger partial charge in [-0.15, -0.1) is 11.3 Å². The number of nitrogens with zero attached hydrogens (tertiary/aromatic N) is 2. The third-order valence-corrected chi connectivity index (χ3v) is 5.55. The quantitative estimate of drug-likeness (QED) is 0.686. The normalized spacial score (nSPS) is 12.1. The first-order valence-electron chi connectivity index (χ1n) is 8.54. The van der Waals surface area contributed by atoms with Crippen molar-refractivity contribution in [3.8, 4) is 11.4 Å². The molecule has 0 aliphatic rings. The summed E-state index contributed by atoms with van der Waals surface area (Å²) in [7, 11) is 0. The summed E-state index contributed by atoms with van der Waals surface area (Å²) in [6.45, 7) is 6.98. The number of rotatable bonds is 6. The molecule has 2 aromatic heterocycles. The molecule has 1 amide bonds. The first kappa shape index (κ1) is 17.4. The first-order chi connectivity index (χ1) is 12.1. The standard InChI is InChI=1S/C20H23N3OS/c1-4-15(3)23(13-18-14(2)8-11-25-18)20(24)17-7-5-6-16(12-17)19-21-9-10-22-19/h5-12,15H,4,13H2,1-3H3,(H,21,22)/t15-/m1/s1. The summed E-state index contributed by atoms with van der Waals surface area (Å²) >= 11 is 1.71. The average molecular weight is 353 g/mol. The molecule has 0 unspecified atom stereocenters. The van der Waals surface area contributed by atoms with Crippen molar-refractivity contribution in [1.82, 2.24) is 14.9 Å². The molecule has 0 spiro atoms. The van der Waals surface area contributed by atoms with Gasteiger partial charge >= 0.3 is 0 Å². The van der Waals surface area contributed by atoms with Crippen molar-refractivity contribution in [1.29, 1.82) is 0 Å². The molecule has 1 atom stereocenters. The van der Waals surface area contributed by atoms with E-state index in [0.717, 1.165) is 17.8 Å². The van der Waals surface area contributed by atoms with E-state index in [4.69, 9.17) is 0 Å². The van der Waals surface area contributed by atoms with Crippen LogP contribution >= 0.6 is 11.3 Å². The van der Waals surface area contributed by atoms with Gasteiger partial charge in [0, 0.05) is 34.4 Å². The number of H-pyrrole nitrogens is 1. The highest BCUT2D eigenvalue weighted by Crippen LogP contribution is 2.23. The molecule has 1 N–H and O–H groups in total. The number of carbonyl (C=O) groups excluding carboxylic acids is 1. The van der Waals surface area contributed by atoms with Gasteiger partial charge in [-0.25, -0.2) is 4.98 Å². The maximum absolute atomic E-state index is 13.2. The molecule has 0 saturated heterocycles. The van der Waals surface area contributed by atoms with Crippen LogP contribution in [-0.4, -0.2) is 26.8 Å². The second kappa shape index (κ2) is 7.66. The maximum atomic E-state index is 13.2.